The highest BCUT2D eigenvalue weighted by molar-refractivity contribution is 6.32. The van der Waals surface area contributed by atoms with Crippen molar-refractivity contribution >= 4 is 34.8 Å². The number of alkyl halides is 1. The van der Waals surface area contributed by atoms with Crippen LogP contribution in [0, 0.1) is 5.92 Å². The summed E-state index contributed by atoms with van der Waals surface area (Å²) in [4.78, 5) is 29.5. The molecule has 164 valence electrons. The number of nitrogens with one attached hydrogen (secondary N) is 1. The Morgan fingerprint density at radius 1 is 0.871 bits per heavy atom. The van der Waals surface area contributed by atoms with Gasteiger partial charge in [-0.15, -0.1) is 11.6 Å². The normalized spacial score (nSPS) is 18.5. The van der Waals surface area contributed by atoms with Crippen LogP contribution in [-0.4, -0.2) is 42.9 Å². The number of anilines is 2. The van der Waals surface area contributed by atoms with Crippen LogP contribution in [0.5, 0.6) is 0 Å². The van der Waals surface area contributed by atoms with Gasteiger partial charge in [-0.2, -0.15) is 0 Å². The lowest BCUT2D eigenvalue weighted by Crippen LogP contribution is -2.50. The lowest BCUT2D eigenvalue weighted by Gasteiger charge is -2.38. The summed E-state index contributed by atoms with van der Waals surface area (Å²) < 4.78 is 0. The van der Waals surface area contributed by atoms with Crippen LogP contribution in [0.2, 0.25) is 0 Å². The molecular formula is C25H30ClN3O2. The van der Waals surface area contributed by atoms with Gasteiger partial charge in [-0.05, 0) is 42.7 Å². The van der Waals surface area contributed by atoms with E-state index < -0.39 is 5.38 Å². The summed E-state index contributed by atoms with van der Waals surface area (Å²) >= 11 is 6.30. The van der Waals surface area contributed by atoms with Gasteiger partial charge < -0.3 is 15.1 Å². The number of carbonyl (C=O) groups excluding carboxylic acids is 2. The molecule has 1 saturated carbocycles. The summed E-state index contributed by atoms with van der Waals surface area (Å²) in [6, 6.07) is 17.2. The minimum absolute atomic E-state index is 0.240. The van der Waals surface area contributed by atoms with Gasteiger partial charge in [0.1, 0.15) is 5.38 Å². The van der Waals surface area contributed by atoms with Crippen LogP contribution < -0.4 is 10.2 Å². The van der Waals surface area contributed by atoms with Crippen molar-refractivity contribution in [3.05, 3.63) is 60.2 Å². The molecule has 6 heteroatoms. The first kappa shape index (κ1) is 21.7. The standard InChI is InChI=1S/C25H30ClN3O2/c26-23(19-7-3-1-4-8-19)24(30)27-21-11-13-22(14-12-21)28-15-17-29(18-16-28)25(31)20-9-5-2-6-10-20/h1,3-4,7-8,11-14,20,23H,2,5-6,9-10,15-18H2,(H,27,30)/t23-/m0/s1. The molecule has 4 rings (SSSR count). The molecule has 1 saturated heterocycles. The number of rotatable bonds is 5. The van der Waals surface area contributed by atoms with E-state index in [2.05, 4.69) is 10.2 Å². The Morgan fingerprint density at radius 2 is 1.52 bits per heavy atom. The molecule has 5 nitrogen and oxygen atoms in total. The fourth-order valence-electron chi connectivity index (χ4n) is 4.53. The van der Waals surface area contributed by atoms with Crippen molar-refractivity contribution in [2.45, 2.75) is 37.5 Å². The first-order valence-electron chi connectivity index (χ1n) is 11.3. The van der Waals surface area contributed by atoms with E-state index in [-0.39, 0.29) is 11.8 Å². The third-order valence-corrected chi connectivity index (χ3v) is 6.82. The minimum atomic E-state index is -0.726. The van der Waals surface area contributed by atoms with E-state index in [0.29, 0.717) is 5.91 Å². The zero-order chi connectivity index (χ0) is 21.6. The number of carbonyl (C=O) groups is 2. The van der Waals surface area contributed by atoms with Gasteiger partial charge in [0.2, 0.25) is 11.8 Å². The highest BCUT2D eigenvalue weighted by atomic mass is 35.5. The van der Waals surface area contributed by atoms with Gasteiger partial charge in [-0.1, -0.05) is 49.6 Å². The monoisotopic (exact) mass is 439 g/mol. The molecule has 2 fully saturated rings. The van der Waals surface area contributed by atoms with Crippen molar-refractivity contribution in [1.82, 2.24) is 4.90 Å². The predicted octanol–water partition coefficient (Wildman–Crippen LogP) is 4.83. The van der Waals surface area contributed by atoms with Gasteiger partial charge in [0.25, 0.3) is 0 Å². The van der Waals surface area contributed by atoms with Gasteiger partial charge in [0.05, 0.1) is 0 Å². The molecule has 2 aromatic carbocycles. The number of nitrogens with zero attached hydrogens (tertiary/aromatic N) is 2. The molecule has 0 bridgehead atoms. The lowest BCUT2D eigenvalue weighted by atomic mass is 9.88. The van der Waals surface area contributed by atoms with Crippen molar-refractivity contribution in [3.63, 3.8) is 0 Å². The summed E-state index contributed by atoms with van der Waals surface area (Å²) in [6.07, 6.45) is 5.76. The van der Waals surface area contributed by atoms with E-state index in [9.17, 15) is 9.59 Å². The second-order valence-electron chi connectivity index (χ2n) is 8.46. The first-order chi connectivity index (χ1) is 15.1. The van der Waals surface area contributed by atoms with Crippen LogP contribution in [0.15, 0.2) is 54.6 Å². The third kappa shape index (κ3) is 5.40. The van der Waals surface area contributed by atoms with Crippen LogP contribution in [0.4, 0.5) is 11.4 Å². The summed E-state index contributed by atoms with van der Waals surface area (Å²) in [6.45, 7) is 3.22. The fourth-order valence-corrected chi connectivity index (χ4v) is 4.73. The Labute approximate surface area is 189 Å². The molecule has 31 heavy (non-hydrogen) atoms. The van der Waals surface area contributed by atoms with Crippen molar-refractivity contribution < 1.29 is 9.59 Å². The quantitative estimate of drug-likeness (QED) is 0.678. The minimum Gasteiger partial charge on any atom is -0.368 e. The summed E-state index contributed by atoms with van der Waals surface area (Å²) in [7, 11) is 0. The zero-order valence-electron chi connectivity index (χ0n) is 17.8. The van der Waals surface area contributed by atoms with Gasteiger partial charge in [-0.3, -0.25) is 9.59 Å². The van der Waals surface area contributed by atoms with Crippen LogP contribution in [0.25, 0.3) is 0 Å². The molecular weight excluding hydrogens is 410 g/mol. The highest BCUT2D eigenvalue weighted by Gasteiger charge is 2.28. The lowest BCUT2D eigenvalue weighted by molar-refractivity contribution is -0.136. The van der Waals surface area contributed by atoms with Crippen LogP contribution in [0.1, 0.15) is 43.0 Å². The fraction of sp³-hybridized carbons (Fsp3) is 0.440. The molecule has 1 atom stereocenters. The number of hydrogen-bond donors (Lipinski definition) is 1. The van der Waals surface area contributed by atoms with Crippen molar-refractivity contribution in [3.8, 4) is 0 Å². The van der Waals surface area contributed by atoms with Gasteiger partial charge >= 0.3 is 0 Å². The number of halogens is 1. The molecule has 2 aromatic rings. The molecule has 1 aliphatic heterocycles. The zero-order valence-corrected chi connectivity index (χ0v) is 18.6. The topological polar surface area (TPSA) is 52.7 Å². The van der Waals surface area contributed by atoms with Gasteiger partial charge in [-0.25, -0.2) is 0 Å². The Hall–Kier alpha value is -2.53. The van der Waals surface area contributed by atoms with Crippen molar-refractivity contribution in [2.75, 3.05) is 36.4 Å². The van der Waals surface area contributed by atoms with Crippen molar-refractivity contribution in [1.29, 1.82) is 0 Å². The molecule has 1 heterocycles. The number of benzene rings is 2. The summed E-state index contributed by atoms with van der Waals surface area (Å²) in [5, 5.41) is 2.16. The molecule has 0 aromatic heterocycles. The Morgan fingerprint density at radius 3 is 2.16 bits per heavy atom. The maximum atomic E-state index is 12.8. The third-order valence-electron chi connectivity index (χ3n) is 6.37. The van der Waals surface area contributed by atoms with E-state index >= 15 is 0 Å². The molecule has 1 N–H and O–H groups in total. The van der Waals surface area contributed by atoms with Crippen LogP contribution in [-0.2, 0) is 9.59 Å². The Kier molecular flexibility index (Phi) is 7.13. The maximum Gasteiger partial charge on any atom is 0.246 e. The molecule has 1 aliphatic carbocycles. The number of piperazine rings is 1. The molecule has 0 spiro atoms. The van der Waals surface area contributed by atoms with E-state index in [0.717, 1.165) is 56.0 Å². The SMILES string of the molecule is O=C(Nc1ccc(N2CCN(C(=O)C3CCCCC3)CC2)cc1)[C@@H](Cl)c1ccccc1. The van der Waals surface area contributed by atoms with Crippen molar-refractivity contribution in [2.24, 2.45) is 5.92 Å². The van der Waals surface area contributed by atoms with E-state index in [1.165, 1.54) is 19.3 Å². The average molecular weight is 440 g/mol. The molecule has 0 radical (unpaired) electrons. The van der Waals surface area contributed by atoms with Crippen LogP contribution in [0.3, 0.4) is 0 Å². The predicted molar refractivity (Wildman–Crippen MR) is 125 cm³/mol. The largest absolute Gasteiger partial charge is 0.368 e. The molecule has 0 unspecified atom stereocenters. The second kappa shape index (κ2) is 10.2. The van der Waals surface area contributed by atoms with Gasteiger partial charge in [0.15, 0.2) is 0 Å². The number of hydrogen-bond acceptors (Lipinski definition) is 3. The molecule has 2 amide bonds. The van der Waals surface area contributed by atoms with Gasteiger partial charge in [0, 0.05) is 43.5 Å². The second-order valence-corrected chi connectivity index (χ2v) is 8.89. The van der Waals surface area contributed by atoms with E-state index in [4.69, 9.17) is 11.6 Å². The highest BCUT2D eigenvalue weighted by Crippen LogP contribution is 2.27. The summed E-state index contributed by atoms with van der Waals surface area (Å²) in [5.74, 6) is 0.353. The van der Waals surface area contributed by atoms with E-state index in [1.807, 2.05) is 59.5 Å². The van der Waals surface area contributed by atoms with E-state index in [1.54, 1.807) is 0 Å². The van der Waals surface area contributed by atoms with Crippen LogP contribution >= 0.6 is 11.6 Å². The average Bonchev–Trinajstić information content (AvgIpc) is 2.85. The molecule has 2 aliphatic rings. The first-order valence-corrected chi connectivity index (χ1v) is 11.7. The Balaban J connectivity index is 1.29. The summed E-state index contributed by atoms with van der Waals surface area (Å²) in [5.41, 5.74) is 2.61. The number of amides is 2. The smallest absolute Gasteiger partial charge is 0.246 e. The Bertz CT molecular complexity index is 873. The maximum absolute atomic E-state index is 12.8.